The molecule has 3 N–H and O–H groups in total. The Morgan fingerprint density at radius 3 is 2.30 bits per heavy atom. The van der Waals surface area contributed by atoms with Gasteiger partial charge in [0.25, 0.3) is 0 Å². The van der Waals surface area contributed by atoms with Crippen LogP contribution < -0.4 is 16.2 Å². The monoisotopic (exact) mass is 277 g/mol. The van der Waals surface area contributed by atoms with Crippen molar-refractivity contribution in [2.45, 2.75) is 33.2 Å². The van der Waals surface area contributed by atoms with Gasteiger partial charge in [-0.25, -0.2) is 0 Å². The molecule has 0 aliphatic carbocycles. The van der Waals surface area contributed by atoms with Crippen LogP contribution in [0.25, 0.3) is 0 Å². The van der Waals surface area contributed by atoms with Crippen molar-refractivity contribution in [1.82, 2.24) is 16.2 Å². The number of carbonyl (C=O) groups is 3. The molecule has 6 nitrogen and oxygen atoms in total. The van der Waals surface area contributed by atoms with Gasteiger partial charge in [0.05, 0.1) is 6.42 Å². The average Bonchev–Trinajstić information content (AvgIpc) is 2.38. The third-order valence-electron chi connectivity index (χ3n) is 2.55. The molecule has 0 aliphatic rings. The molecule has 0 saturated heterocycles. The second kappa shape index (κ2) is 7.28. The first-order valence-electron chi connectivity index (χ1n) is 6.34. The fourth-order valence-electron chi connectivity index (χ4n) is 1.54. The summed E-state index contributed by atoms with van der Waals surface area (Å²) in [6.45, 7) is 5.38. The molecule has 0 fully saturated rings. The molecule has 0 atom stereocenters. The molecule has 0 unspecified atom stereocenters. The summed E-state index contributed by atoms with van der Waals surface area (Å²) < 4.78 is 0. The van der Waals surface area contributed by atoms with Gasteiger partial charge in [-0.05, 0) is 31.9 Å². The number of rotatable bonds is 3. The minimum absolute atomic E-state index is 0.138. The van der Waals surface area contributed by atoms with E-state index in [4.69, 9.17) is 0 Å². The SMILES string of the molecule is Cc1ccccc1CC(=O)NNC(=O)C(=O)NC(C)C. The minimum atomic E-state index is -0.892. The third kappa shape index (κ3) is 5.09. The number of benzene rings is 1. The minimum Gasteiger partial charge on any atom is -0.346 e. The summed E-state index contributed by atoms with van der Waals surface area (Å²) in [5, 5.41) is 2.42. The molecule has 0 radical (unpaired) electrons. The molecule has 0 aliphatic heterocycles. The summed E-state index contributed by atoms with van der Waals surface area (Å²) in [5.41, 5.74) is 6.15. The van der Waals surface area contributed by atoms with E-state index in [-0.39, 0.29) is 18.4 Å². The van der Waals surface area contributed by atoms with Crippen molar-refractivity contribution in [2.75, 3.05) is 0 Å². The molecule has 6 heteroatoms. The molecule has 0 heterocycles. The van der Waals surface area contributed by atoms with Gasteiger partial charge in [0.2, 0.25) is 5.91 Å². The van der Waals surface area contributed by atoms with Gasteiger partial charge in [0.15, 0.2) is 0 Å². The van der Waals surface area contributed by atoms with Crippen LogP contribution in [-0.2, 0) is 20.8 Å². The Hall–Kier alpha value is -2.37. The molecule has 0 bridgehead atoms. The Bertz CT molecular complexity index is 512. The molecule has 1 aromatic carbocycles. The van der Waals surface area contributed by atoms with Gasteiger partial charge in [-0.3, -0.25) is 25.2 Å². The van der Waals surface area contributed by atoms with E-state index in [1.54, 1.807) is 13.8 Å². The molecular formula is C14H19N3O3. The van der Waals surface area contributed by atoms with E-state index < -0.39 is 11.8 Å². The first-order valence-corrected chi connectivity index (χ1v) is 6.34. The maximum atomic E-state index is 11.7. The van der Waals surface area contributed by atoms with E-state index in [0.717, 1.165) is 11.1 Å². The normalized spacial score (nSPS) is 10.0. The molecule has 0 aromatic heterocycles. The molecular weight excluding hydrogens is 258 g/mol. The third-order valence-corrected chi connectivity index (χ3v) is 2.55. The van der Waals surface area contributed by atoms with Crippen molar-refractivity contribution in [2.24, 2.45) is 0 Å². The largest absolute Gasteiger partial charge is 0.346 e. The van der Waals surface area contributed by atoms with Crippen molar-refractivity contribution in [3.8, 4) is 0 Å². The van der Waals surface area contributed by atoms with Gasteiger partial charge in [0, 0.05) is 6.04 Å². The highest BCUT2D eigenvalue weighted by atomic mass is 16.2. The predicted octanol–water partition coefficient (Wildman–Crippen LogP) is 0.210. The zero-order valence-corrected chi connectivity index (χ0v) is 11.8. The number of hydrogen-bond acceptors (Lipinski definition) is 3. The Morgan fingerprint density at radius 1 is 1.05 bits per heavy atom. The zero-order valence-electron chi connectivity index (χ0n) is 11.8. The summed E-state index contributed by atoms with van der Waals surface area (Å²) in [4.78, 5) is 34.3. The van der Waals surface area contributed by atoms with Crippen LogP contribution in [-0.4, -0.2) is 23.8 Å². The van der Waals surface area contributed by atoms with Crippen LogP contribution in [0.1, 0.15) is 25.0 Å². The first kappa shape index (κ1) is 15.7. The first-order chi connectivity index (χ1) is 9.40. The van der Waals surface area contributed by atoms with Crippen LogP contribution in [0, 0.1) is 6.92 Å². The lowest BCUT2D eigenvalue weighted by molar-refractivity contribution is -0.141. The smallest absolute Gasteiger partial charge is 0.327 e. The topological polar surface area (TPSA) is 87.3 Å². The number of hydrogen-bond donors (Lipinski definition) is 3. The lowest BCUT2D eigenvalue weighted by Crippen LogP contribution is -2.50. The summed E-state index contributed by atoms with van der Waals surface area (Å²) in [6.07, 6.45) is 0.138. The maximum absolute atomic E-state index is 11.7. The van der Waals surface area contributed by atoms with Crippen LogP contribution >= 0.6 is 0 Å². The Labute approximate surface area is 117 Å². The number of amides is 3. The summed E-state index contributed by atoms with van der Waals surface area (Å²) >= 11 is 0. The quantitative estimate of drug-likeness (QED) is 0.545. The predicted molar refractivity (Wildman–Crippen MR) is 74.4 cm³/mol. The molecule has 1 aromatic rings. The molecule has 1 rings (SSSR count). The lowest BCUT2D eigenvalue weighted by Gasteiger charge is -2.10. The maximum Gasteiger partial charge on any atom is 0.327 e. The number of nitrogens with one attached hydrogen (secondary N) is 3. The number of hydrazine groups is 1. The van der Waals surface area contributed by atoms with Gasteiger partial charge >= 0.3 is 11.8 Å². The fraction of sp³-hybridized carbons (Fsp3) is 0.357. The van der Waals surface area contributed by atoms with E-state index in [1.807, 2.05) is 31.2 Å². The lowest BCUT2D eigenvalue weighted by atomic mass is 10.1. The summed E-state index contributed by atoms with van der Waals surface area (Å²) in [5.74, 6) is -2.06. The van der Waals surface area contributed by atoms with Crippen molar-refractivity contribution in [3.05, 3.63) is 35.4 Å². The van der Waals surface area contributed by atoms with Crippen LogP contribution in [0.4, 0.5) is 0 Å². The highest BCUT2D eigenvalue weighted by Crippen LogP contribution is 2.07. The van der Waals surface area contributed by atoms with E-state index in [9.17, 15) is 14.4 Å². The standard InChI is InChI=1S/C14H19N3O3/c1-9(2)15-13(19)14(20)17-16-12(18)8-11-7-5-4-6-10(11)3/h4-7,9H,8H2,1-3H3,(H,15,19)(H,16,18)(H,17,20). The molecule has 0 saturated carbocycles. The van der Waals surface area contributed by atoms with Crippen molar-refractivity contribution >= 4 is 17.7 Å². The number of aryl methyl sites for hydroxylation is 1. The van der Waals surface area contributed by atoms with E-state index in [2.05, 4.69) is 16.2 Å². The van der Waals surface area contributed by atoms with Crippen LogP contribution in [0.15, 0.2) is 24.3 Å². The average molecular weight is 277 g/mol. The second-order valence-corrected chi connectivity index (χ2v) is 4.73. The van der Waals surface area contributed by atoms with Crippen molar-refractivity contribution < 1.29 is 14.4 Å². The Kier molecular flexibility index (Phi) is 5.71. The molecule has 108 valence electrons. The highest BCUT2D eigenvalue weighted by molar-refractivity contribution is 6.35. The Balaban J connectivity index is 2.42. The van der Waals surface area contributed by atoms with Gasteiger partial charge in [-0.1, -0.05) is 24.3 Å². The van der Waals surface area contributed by atoms with E-state index in [0.29, 0.717) is 0 Å². The van der Waals surface area contributed by atoms with Gasteiger partial charge in [0.1, 0.15) is 0 Å². The van der Waals surface area contributed by atoms with E-state index >= 15 is 0 Å². The van der Waals surface area contributed by atoms with Crippen LogP contribution in [0.3, 0.4) is 0 Å². The fourth-order valence-corrected chi connectivity index (χ4v) is 1.54. The van der Waals surface area contributed by atoms with Crippen molar-refractivity contribution in [3.63, 3.8) is 0 Å². The molecule has 3 amide bonds. The molecule has 20 heavy (non-hydrogen) atoms. The van der Waals surface area contributed by atoms with Gasteiger partial charge < -0.3 is 5.32 Å². The van der Waals surface area contributed by atoms with E-state index in [1.165, 1.54) is 0 Å². The Morgan fingerprint density at radius 2 is 1.70 bits per heavy atom. The molecule has 0 spiro atoms. The highest BCUT2D eigenvalue weighted by Gasteiger charge is 2.15. The summed E-state index contributed by atoms with van der Waals surface area (Å²) in [7, 11) is 0. The second-order valence-electron chi connectivity index (χ2n) is 4.73. The van der Waals surface area contributed by atoms with Gasteiger partial charge in [-0.15, -0.1) is 0 Å². The van der Waals surface area contributed by atoms with Gasteiger partial charge in [-0.2, -0.15) is 0 Å². The van der Waals surface area contributed by atoms with Crippen LogP contribution in [0.5, 0.6) is 0 Å². The van der Waals surface area contributed by atoms with Crippen LogP contribution in [0.2, 0.25) is 0 Å². The zero-order chi connectivity index (χ0) is 15.1. The number of carbonyl (C=O) groups excluding carboxylic acids is 3. The summed E-state index contributed by atoms with van der Waals surface area (Å²) in [6, 6.07) is 7.31. The van der Waals surface area contributed by atoms with Crippen molar-refractivity contribution in [1.29, 1.82) is 0 Å².